The first-order chi connectivity index (χ1) is 10.7. The van der Waals surface area contributed by atoms with Crippen LogP contribution in [0.1, 0.15) is 56.3 Å². The van der Waals surface area contributed by atoms with E-state index < -0.39 is 0 Å². The summed E-state index contributed by atoms with van der Waals surface area (Å²) in [7, 11) is 0. The van der Waals surface area contributed by atoms with Gasteiger partial charge in [0, 0.05) is 42.5 Å². The lowest BCUT2D eigenvalue weighted by Gasteiger charge is -2.12. The van der Waals surface area contributed by atoms with Crippen LogP contribution in [0.5, 0.6) is 0 Å². The van der Waals surface area contributed by atoms with E-state index in [9.17, 15) is 0 Å². The Morgan fingerprint density at radius 1 is 1.32 bits per heavy atom. The van der Waals surface area contributed by atoms with Crippen molar-refractivity contribution >= 4 is 11.0 Å². The van der Waals surface area contributed by atoms with Crippen LogP contribution in [0.2, 0.25) is 0 Å². The number of nitrogens with one attached hydrogen (secondary N) is 1. The monoisotopic (exact) mass is 301 g/mol. The molecule has 3 rings (SSSR count). The Labute approximate surface area is 132 Å². The van der Waals surface area contributed by atoms with Gasteiger partial charge in [0.05, 0.1) is 0 Å². The second kappa shape index (κ2) is 6.80. The van der Waals surface area contributed by atoms with Crippen molar-refractivity contribution in [2.75, 3.05) is 6.61 Å². The van der Waals surface area contributed by atoms with Gasteiger partial charge >= 0.3 is 0 Å². The Morgan fingerprint density at radius 3 is 2.86 bits per heavy atom. The molecule has 4 nitrogen and oxygen atoms in total. The molecule has 0 aliphatic heterocycles. The van der Waals surface area contributed by atoms with Gasteiger partial charge in [-0.3, -0.25) is 0 Å². The summed E-state index contributed by atoms with van der Waals surface area (Å²) in [6, 6.07) is 5.39. The molecule has 1 aliphatic carbocycles. The number of rotatable bonds is 8. The van der Waals surface area contributed by atoms with E-state index in [-0.39, 0.29) is 6.61 Å². The molecule has 4 heteroatoms. The number of aryl methyl sites for hydroxylation is 2. The van der Waals surface area contributed by atoms with Crippen molar-refractivity contribution in [1.82, 2.24) is 14.9 Å². The summed E-state index contributed by atoms with van der Waals surface area (Å²) in [6.45, 7) is 5.57. The highest BCUT2D eigenvalue weighted by molar-refractivity contribution is 5.81. The lowest BCUT2D eigenvalue weighted by Crippen LogP contribution is -2.20. The van der Waals surface area contributed by atoms with Gasteiger partial charge in [0.15, 0.2) is 0 Å². The molecule has 0 spiro atoms. The number of hydrogen-bond acceptors (Lipinski definition) is 3. The topological polar surface area (TPSA) is 50.1 Å². The molecule has 1 atom stereocenters. The lowest BCUT2D eigenvalue weighted by atomic mass is 10.1. The second-order valence-electron chi connectivity index (χ2n) is 6.55. The zero-order valence-electron chi connectivity index (χ0n) is 13.7. The molecule has 1 fully saturated rings. The highest BCUT2D eigenvalue weighted by Crippen LogP contribution is 2.29. The maximum Gasteiger partial charge on any atom is 0.140 e. The van der Waals surface area contributed by atoms with Gasteiger partial charge in [0.25, 0.3) is 0 Å². The van der Waals surface area contributed by atoms with E-state index in [1.807, 2.05) is 6.92 Å². The van der Waals surface area contributed by atoms with Crippen LogP contribution in [0.3, 0.4) is 0 Å². The molecule has 1 saturated carbocycles. The van der Waals surface area contributed by atoms with Crippen LogP contribution in [0.4, 0.5) is 0 Å². The Morgan fingerprint density at radius 2 is 2.14 bits per heavy atom. The average Bonchev–Trinajstić information content (AvgIpc) is 3.24. The van der Waals surface area contributed by atoms with E-state index in [1.54, 1.807) is 0 Å². The standard InChI is InChI=1S/C18H27N3O/c1-13-6-9-16-17(14(2)20-15-7-8-15)12-21(18(16)19-13)10-4-3-5-11-22/h6,9,12,14-15,20,22H,3-5,7-8,10-11H2,1-2H3. The summed E-state index contributed by atoms with van der Waals surface area (Å²) in [5.41, 5.74) is 3.52. The molecule has 120 valence electrons. The van der Waals surface area contributed by atoms with Gasteiger partial charge < -0.3 is 15.0 Å². The van der Waals surface area contributed by atoms with E-state index in [1.165, 1.54) is 23.8 Å². The van der Waals surface area contributed by atoms with Crippen LogP contribution < -0.4 is 5.32 Å². The van der Waals surface area contributed by atoms with Crippen LogP contribution >= 0.6 is 0 Å². The fraction of sp³-hybridized carbons (Fsp3) is 0.611. The highest BCUT2D eigenvalue weighted by Gasteiger charge is 2.25. The van der Waals surface area contributed by atoms with Crippen LogP contribution in [0.15, 0.2) is 18.3 Å². The van der Waals surface area contributed by atoms with Gasteiger partial charge in [0.1, 0.15) is 5.65 Å². The minimum atomic E-state index is 0.289. The number of nitrogens with zero attached hydrogens (tertiary/aromatic N) is 2. The first kappa shape index (κ1) is 15.5. The SMILES string of the molecule is Cc1ccc2c(C(C)NC3CC3)cn(CCCCCO)c2n1. The van der Waals surface area contributed by atoms with Crippen molar-refractivity contribution in [3.63, 3.8) is 0 Å². The Balaban J connectivity index is 1.84. The molecule has 2 aromatic rings. The highest BCUT2D eigenvalue weighted by atomic mass is 16.2. The summed E-state index contributed by atoms with van der Waals surface area (Å²) >= 11 is 0. The van der Waals surface area contributed by atoms with Crippen LogP contribution in [-0.2, 0) is 6.54 Å². The van der Waals surface area contributed by atoms with E-state index in [0.29, 0.717) is 12.1 Å². The largest absolute Gasteiger partial charge is 0.396 e. The predicted octanol–water partition coefficient (Wildman–Crippen LogP) is 3.32. The molecule has 0 amide bonds. The molecule has 1 aliphatic rings. The molecule has 22 heavy (non-hydrogen) atoms. The summed E-state index contributed by atoms with van der Waals surface area (Å²) in [6.07, 6.45) is 7.92. The first-order valence-electron chi connectivity index (χ1n) is 8.52. The lowest BCUT2D eigenvalue weighted by molar-refractivity contribution is 0.282. The third-order valence-corrected chi connectivity index (χ3v) is 4.48. The fourth-order valence-electron chi connectivity index (χ4n) is 3.07. The molecule has 2 heterocycles. The van der Waals surface area contributed by atoms with Gasteiger partial charge in [0.2, 0.25) is 0 Å². The Bertz CT molecular complexity index is 631. The van der Waals surface area contributed by atoms with Crippen LogP contribution in [-0.4, -0.2) is 27.3 Å². The molecule has 2 aromatic heterocycles. The molecule has 0 radical (unpaired) electrons. The number of unbranched alkanes of at least 4 members (excludes halogenated alkanes) is 2. The van der Waals surface area contributed by atoms with Crippen molar-refractivity contribution in [3.8, 4) is 0 Å². The third-order valence-electron chi connectivity index (χ3n) is 4.48. The summed E-state index contributed by atoms with van der Waals surface area (Å²) in [5, 5.41) is 13.9. The number of pyridine rings is 1. The van der Waals surface area contributed by atoms with Crippen molar-refractivity contribution in [1.29, 1.82) is 0 Å². The zero-order chi connectivity index (χ0) is 15.5. The van der Waals surface area contributed by atoms with E-state index in [0.717, 1.165) is 37.1 Å². The van der Waals surface area contributed by atoms with Gasteiger partial charge in [-0.2, -0.15) is 0 Å². The number of aromatic nitrogens is 2. The summed E-state index contributed by atoms with van der Waals surface area (Å²) < 4.78 is 2.29. The van der Waals surface area contributed by atoms with Crippen molar-refractivity contribution in [2.24, 2.45) is 0 Å². The van der Waals surface area contributed by atoms with Gasteiger partial charge in [-0.1, -0.05) is 0 Å². The van der Waals surface area contributed by atoms with E-state index in [4.69, 9.17) is 10.1 Å². The zero-order valence-corrected chi connectivity index (χ0v) is 13.7. The Hall–Kier alpha value is -1.39. The summed E-state index contributed by atoms with van der Waals surface area (Å²) in [4.78, 5) is 4.76. The minimum Gasteiger partial charge on any atom is -0.396 e. The predicted molar refractivity (Wildman–Crippen MR) is 90.0 cm³/mol. The van der Waals surface area contributed by atoms with Gasteiger partial charge in [-0.25, -0.2) is 4.98 Å². The summed E-state index contributed by atoms with van der Waals surface area (Å²) in [5.74, 6) is 0. The number of aliphatic hydroxyl groups is 1. The average molecular weight is 301 g/mol. The third kappa shape index (κ3) is 3.50. The number of hydrogen-bond donors (Lipinski definition) is 2. The van der Waals surface area contributed by atoms with Gasteiger partial charge in [-0.05, 0) is 63.6 Å². The fourth-order valence-corrected chi connectivity index (χ4v) is 3.07. The normalized spacial score (nSPS) is 16.3. The molecule has 0 bridgehead atoms. The second-order valence-corrected chi connectivity index (χ2v) is 6.55. The maximum absolute atomic E-state index is 8.91. The molecule has 0 saturated heterocycles. The van der Waals surface area contributed by atoms with Crippen molar-refractivity contribution in [3.05, 3.63) is 29.6 Å². The first-order valence-corrected chi connectivity index (χ1v) is 8.52. The quantitative estimate of drug-likeness (QED) is 0.735. The molecule has 1 unspecified atom stereocenters. The van der Waals surface area contributed by atoms with E-state index in [2.05, 4.69) is 35.1 Å². The van der Waals surface area contributed by atoms with Gasteiger partial charge in [-0.15, -0.1) is 0 Å². The van der Waals surface area contributed by atoms with Crippen molar-refractivity contribution in [2.45, 2.75) is 64.6 Å². The maximum atomic E-state index is 8.91. The minimum absolute atomic E-state index is 0.289. The number of aliphatic hydroxyl groups excluding tert-OH is 1. The molecular weight excluding hydrogens is 274 g/mol. The van der Waals surface area contributed by atoms with E-state index >= 15 is 0 Å². The van der Waals surface area contributed by atoms with Crippen LogP contribution in [0, 0.1) is 6.92 Å². The molecule has 2 N–H and O–H groups in total. The molecule has 0 aromatic carbocycles. The smallest absolute Gasteiger partial charge is 0.140 e. The molecular formula is C18H27N3O. The van der Waals surface area contributed by atoms with Crippen molar-refractivity contribution < 1.29 is 5.11 Å². The Kier molecular flexibility index (Phi) is 4.79. The van der Waals surface area contributed by atoms with Crippen LogP contribution in [0.25, 0.3) is 11.0 Å². The number of fused-ring (bicyclic) bond motifs is 1.